The van der Waals surface area contributed by atoms with E-state index < -0.39 is 12.1 Å². The summed E-state index contributed by atoms with van der Waals surface area (Å²) in [6, 6.07) is 16.0. The number of rotatable bonds is 5. The Morgan fingerprint density at radius 3 is 2.41 bits per heavy atom. The van der Waals surface area contributed by atoms with Gasteiger partial charge < -0.3 is 9.84 Å². The first-order chi connectivity index (χ1) is 10.6. The van der Waals surface area contributed by atoms with E-state index in [-0.39, 0.29) is 0 Å². The zero-order valence-corrected chi connectivity index (χ0v) is 11.9. The first-order valence-corrected chi connectivity index (χ1v) is 6.62. The van der Waals surface area contributed by atoms with Crippen LogP contribution in [0, 0.1) is 11.3 Å². The Kier molecular flexibility index (Phi) is 4.89. The second-order valence-electron chi connectivity index (χ2n) is 4.58. The highest BCUT2D eigenvalue weighted by Gasteiger charge is 2.11. The molecule has 0 aliphatic carbocycles. The number of nitrogens with zero attached hydrogens (tertiary/aromatic N) is 2. The van der Waals surface area contributed by atoms with Gasteiger partial charge in [0.15, 0.2) is 6.10 Å². The van der Waals surface area contributed by atoms with E-state index in [1.807, 2.05) is 0 Å². The molecule has 0 saturated heterocycles. The molecule has 2 aromatic carbocycles. The fraction of sp³-hybridized carbons (Fsp3) is 0.118. The summed E-state index contributed by atoms with van der Waals surface area (Å²) in [6.07, 6.45) is 0.796. The van der Waals surface area contributed by atoms with E-state index in [1.54, 1.807) is 54.7 Å². The second-order valence-corrected chi connectivity index (χ2v) is 4.58. The van der Waals surface area contributed by atoms with Gasteiger partial charge in [-0.2, -0.15) is 5.26 Å². The number of ether oxygens (including phenoxy) is 1. The van der Waals surface area contributed by atoms with Crippen molar-refractivity contribution in [3.8, 4) is 11.8 Å². The van der Waals surface area contributed by atoms with Crippen molar-refractivity contribution in [3.05, 3.63) is 59.7 Å². The average Bonchev–Trinajstić information content (AvgIpc) is 2.54. The molecule has 2 rings (SSSR count). The molecule has 0 aromatic heterocycles. The maximum atomic E-state index is 10.7. The quantitative estimate of drug-likeness (QED) is 0.859. The Bertz CT molecular complexity index is 713. The van der Waals surface area contributed by atoms with Crippen LogP contribution in [0.1, 0.15) is 18.1 Å². The van der Waals surface area contributed by atoms with Gasteiger partial charge in [-0.15, -0.1) is 0 Å². The molecule has 0 amide bonds. The van der Waals surface area contributed by atoms with Crippen LogP contribution in [0.5, 0.6) is 5.75 Å². The minimum Gasteiger partial charge on any atom is -0.479 e. The molecule has 22 heavy (non-hydrogen) atoms. The van der Waals surface area contributed by atoms with Gasteiger partial charge in [0.05, 0.1) is 17.3 Å². The summed E-state index contributed by atoms with van der Waals surface area (Å²) < 4.78 is 5.24. The van der Waals surface area contributed by atoms with Gasteiger partial charge in [-0.25, -0.2) is 4.79 Å². The molecule has 0 saturated carbocycles. The van der Waals surface area contributed by atoms with E-state index >= 15 is 0 Å². The van der Waals surface area contributed by atoms with Crippen LogP contribution in [0.4, 0.5) is 5.69 Å². The van der Waals surface area contributed by atoms with Gasteiger partial charge in [0.2, 0.25) is 0 Å². The lowest BCUT2D eigenvalue weighted by Crippen LogP contribution is -2.22. The van der Waals surface area contributed by atoms with Crippen molar-refractivity contribution in [1.29, 1.82) is 5.26 Å². The molecular weight excluding hydrogens is 280 g/mol. The maximum absolute atomic E-state index is 10.7. The molecular formula is C17H14N2O3. The zero-order chi connectivity index (χ0) is 15.9. The molecule has 1 atom stereocenters. The number of carboxylic acids is 1. The molecule has 0 spiro atoms. The summed E-state index contributed by atoms with van der Waals surface area (Å²) in [5, 5.41) is 17.5. The molecule has 1 N–H and O–H groups in total. The summed E-state index contributed by atoms with van der Waals surface area (Å²) in [7, 11) is 0. The molecule has 5 heteroatoms. The lowest BCUT2D eigenvalue weighted by Gasteiger charge is -2.09. The molecule has 5 nitrogen and oxygen atoms in total. The van der Waals surface area contributed by atoms with Gasteiger partial charge in [-0.05, 0) is 61.0 Å². The van der Waals surface area contributed by atoms with Gasteiger partial charge in [-0.3, -0.25) is 4.99 Å². The lowest BCUT2D eigenvalue weighted by molar-refractivity contribution is -0.144. The number of nitriles is 1. The van der Waals surface area contributed by atoms with Crippen LogP contribution in [-0.2, 0) is 4.79 Å². The third-order valence-corrected chi connectivity index (χ3v) is 2.90. The number of hydrogen-bond acceptors (Lipinski definition) is 4. The van der Waals surface area contributed by atoms with Crippen molar-refractivity contribution >= 4 is 17.9 Å². The van der Waals surface area contributed by atoms with E-state index in [9.17, 15) is 4.79 Å². The predicted octanol–water partition coefficient (Wildman–Crippen LogP) is 3.16. The maximum Gasteiger partial charge on any atom is 0.344 e. The van der Waals surface area contributed by atoms with Crippen LogP contribution in [0.2, 0.25) is 0 Å². The smallest absolute Gasteiger partial charge is 0.344 e. The van der Waals surface area contributed by atoms with Gasteiger partial charge in [-0.1, -0.05) is 0 Å². The monoisotopic (exact) mass is 294 g/mol. The molecule has 0 radical (unpaired) electrons. The molecule has 0 aliphatic heterocycles. The average molecular weight is 294 g/mol. The molecule has 0 aliphatic rings. The Morgan fingerprint density at radius 1 is 1.23 bits per heavy atom. The van der Waals surface area contributed by atoms with Crippen molar-refractivity contribution in [2.24, 2.45) is 4.99 Å². The van der Waals surface area contributed by atoms with Gasteiger partial charge in [0.25, 0.3) is 0 Å². The number of benzene rings is 2. The fourth-order valence-electron chi connectivity index (χ4n) is 1.66. The summed E-state index contributed by atoms with van der Waals surface area (Å²) >= 11 is 0. The number of aliphatic imine (C=N–C) groups is 1. The predicted molar refractivity (Wildman–Crippen MR) is 82.6 cm³/mol. The van der Waals surface area contributed by atoms with Crippen LogP contribution in [0.25, 0.3) is 0 Å². The van der Waals surface area contributed by atoms with E-state index in [2.05, 4.69) is 11.1 Å². The van der Waals surface area contributed by atoms with Crippen molar-refractivity contribution in [2.45, 2.75) is 13.0 Å². The third kappa shape index (κ3) is 4.18. The topological polar surface area (TPSA) is 82.7 Å². The third-order valence-electron chi connectivity index (χ3n) is 2.90. The van der Waals surface area contributed by atoms with E-state index in [1.165, 1.54) is 6.92 Å². The molecule has 0 unspecified atom stereocenters. The molecule has 2 aromatic rings. The number of carbonyl (C=O) groups is 1. The second kappa shape index (κ2) is 7.04. The minimum absolute atomic E-state index is 0.491. The van der Waals surface area contributed by atoms with Crippen LogP contribution in [-0.4, -0.2) is 23.4 Å². The van der Waals surface area contributed by atoms with Crippen molar-refractivity contribution in [2.75, 3.05) is 0 Å². The summed E-state index contributed by atoms with van der Waals surface area (Å²) in [5.74, 6) is -0.517. The van der Waals surface area contributed by atoms with Gasteiger partial charge >= 0.3 is 5.97 Å². The number of carboxylic acid groups (broad SMARTS) is 1. The lowest BCUT2D eigenvalue weighted by atomic mass is 10.2. The minimum atomic E-state index is -1.01. The first kappa shape index (κ1) is 15.3. The van der Waals surface area contributed by atoms with Gasteiger partial charge in [0, 0.05) is 6.21 Å². The normalized spacial score (nSPS) is 11.8. The fourth-order valence-corrected chi connectivity index (χ4v) is 1.66. The van der Waals surface area contributed by atoms with Crippen molar-refractivity contribution in [3.63, 3.8) is 0 Å². The summed E-state index contributed by atoms with van der Waals surface area (Å²) in [6.45, 7) is 1.47. The molecule has 0 bridgehead atoms. The Morgan fingerprint density at radius 2 is 1.86 bits per heavy atom. The van der Waals surface area contributed by atoms with E-state index in [0.717, 1.165) is 11.3 Å². The standard InChI is InChI=1S/C17H14N2O3/c1-12(17(20)21)22-16-8-4-14(5-9-16)11-19-15-6-2-13(10-18)3-7-15/h2-9,11-12H,1H3,(H,20,21)/t12-/m0/s1. The first-order valence-electron chi connectivity index (χ1n) is 6.62. The molecule has 110 valence electrons. The summed E-state index contributed by atoms with van der Waals surface area (Å²) in [4.78, 5) is 15.0. The van der Waals surface area contributed by atoms with Crippen molar-refractivity contribution in [1.82, 2.24) is 0 Å². The van der Waals surface area contributed by atoms with Crippen LogP contribution in [0.15, 0.2) is 53.5 Å². The molecule has 0 fully saturated rings. The highest BCUT2D eigenvalue weighted by Crippen LogP contribution is 2.15. The number of aliphatic carboxylic acids is 1. The highest BCUT2D eigenvalue weighted by molar-refractivity contribution is 5.82. The Labute approximate surface area is 128 Å². The van der Waals surface area contributed by atoms with Crippen molar-refractivity contribution < 1.29 is 14.6 Å². The summed E-state index contributed by atoms with van der Waals surface area (Å²) in [5.41, 5.74) is 2.20. The zero-order valence-electron chi connectivity index (χ0n) is 11.9. The van der Waals surface area contributed by atoms with Crippen LogP contribution < -0.4 is 4.74 Å². The van der Waals surface area contributed by atoms with Crippen LogP contribution in [0.3, 0.4) is 0 Å². The largest absolute Gasteiger partial charge is 0.479 e. The Hall–Kier alpha value is -3.13. The Balaban J connectivity index is 2.02. The molecule has 0 heterocycles. The van der Waals surface area contributed by atoms with E-state index in [4.69, 9.17) is 15.1 Å². The van der Waals surface area contributed by atoms with Crippen LogP contribution >= 0.6 is 0 Å². The number of hydrogen-bond donors (Lipinski definition) is 1. The van der Waals surface area contributed by atoms with E-state index in [0.29, 0.717) is 11.3 Å². The van der Waals surface area contributed by atoms with Gasteiger partial charge in [0.1, 0.15) is 5.75 Å². The highest BCUT2D eigenvalue weighted by atomic mass is 16.5. The SMILES string of the molecule is C[C@H](Oc1ccc(C=Nc2ccc(C#N)cc2)cc1)C(=O)O.